The van der Waals surface area contributed by atoms with Crippen molar-refractivity contribution in [2.45, 2.75) is 32.7 Å². The predicted octanol–water partition coefficient (Wildman–Crippen LogP) is 2.75. The van der Waals surface area contributed by atoms with Crippen molar-refractivity contribution in [3.05, 3.63) is 34.1 Å². The van der Waals surface area contributed by atoms with E-state index in [1.165, 1.54) is 11.3 Å². The van der Waals surface area contributed by atoms with Crippen LogP contribution in [0.25, 0.3) is 0 Å². The third kappa shape index (κ3) is 2.76. The average molecular weight is 265 g/mol. The minimum atomic E-state index is -0.267. The zero-order chi connectivity index (χ0) is 13.1. The lowest BCUT2D eigenvalue weighted by molar-refractivity contribution is 0.0902. The van der Waals surface area contributed by atoms with Gasteiger partial charge in [-0.3, -0.25) is 4.79 Å². The maximum atomic E-state index is 11.9. The van der Waals surface area contributed by atoms with E-state index in [9.17, 15) is 4.79 Å². The number of nitrogens with one attached hydrogen (secondary N) is 1. The number of hydrogen-bond acceptors (Lipinski definition) is 5. The van der Waals surface area contributed by atoms with Crippen LogP contribution < -0.4 is 5.32 Å². The van der Waals surface area contributed by atoms with Gasteiger partial charge in [-0.15, -0.1) is 11.3 Å². The van der Waals surface area contributed by atoms with Crippen molar-refractivity contribution in [1.29, 1.82) is 0 Å². The van der Waals surface area contributed by atoms with Crippen molar-refractivity contribution in [2.24, 2.45) is 0 Å². The molecule has 0 saturated heterocycles. The number of aromatic nitrogens is 2. The van der Waals surface area contributed by atoms with Gasteiger partial charge in [0.05, 0.1) is 11.7 Å². The summed E-state index contributed by atoms with van der Waals surface area (Å²) in [7, 11) is 0. The van der Waals surface area contributed by atoms with Gasteiger partial charge in [0.15, 0.2) is 0 Å². The standard InChI is InChI=1S/C12H15N3O2S/c1-7(2)9-6-10(17-15-9)11(16)14-8(3)12-13-4-5-18-12/h4-8H,1-3H3,(H,14,16)/t8-/m0/s1. The number of nitrogens with zero attached hydrogens (tertiary/aromatic N) is 2. The van der Waals surface area contributed by atoms with Gasteiger partial charge in [-0.05, 0) is 12.8 Å². The van der Waals surface area contributed by atoms with Gasteiger partial charge in [0.1, 0.15) is 5.01 Å². The van der Waals surface area contributed by atoms with Gasteiger partial charge in [0.25, 0.3) is 5.91 Å². The van der Waals surface area contributed by atoms with Crippen molar-refractivity contribution in [2.75, 3.05) is 0 Å². The van der Waals surface area contributed by atoms with Crippen LogP contribution in [-0.4, -0.2) is 16.0 Å². The van der Waals surface area contributed by atoms with E-state index in [-0.39, 0.29) is 23.6 Å². The Morgan fingerprint density at radius 3 is 2.78 bits per heavy atom. The largest absolute Gasteiger partial charge is 0.351 e. The quantitative estimate of drug-likeness (QED) is 0.923. The Morgan fingerprint density at radius 2 is 2.22 bits per heavy atom. The van der Waals surface area contributed by atoms with Crippen molar-refractivity contribution in [3.8, 4) is 0 Å². The first-order chi connectivity index (χ1) is 8.58. The molecular formula is C12H15N3O2S. The molecule has 2 aromatic heterocycles. The van der Waals surface area contributed by atoms with E-state index in [1.807, 2.05) is 26.2 Å². The minimum absolute atomic E-state index is 0.134. The Hall–Kier alpha value is -1.69. The van der Waals surface area contributed by atoms with Crippen molar-refractivity contribution in [1.82, 2.24) is 15.5 Å². The van der Waals surface area contributed by atoms with Gasteiger partial charge in [0, 0.05) is 17.6 Å². The number of amides is 1. The molecule has 0 aliphatic rings. The van der Waals surface area contributed by atoms with Gasteiger partial charge < -0.3 is 9.84 Å². The average Bonchev–Trinajstić information content (AvgIpc) is 3.00. The second-order valence-corrected chi connectivity index (χ2v) is 5.26. The molecule has 1 amide bonds. The summed E-state index contributed by atoms with van der Waals surface area (Å²) in [5.74, 6) is 0.214. The van der Waals surface area contributed by atoms with Gasteiger partial charge in [-0.2, -0.15) is 0 Å². The van der Waals surface area contributed by atoms with E-state index < -0.39 is 0 Å². The fourth-order valence-electron chi connectivity index (χ4n) is 1.45. The summed E-state index contributed by atoms with van der Waals surface area (Å²) in [4.78, 5) is 16.1. The van der Waals surface area contributed by atoms with Gasteiger partial charge >= 0.3 is 0 Å². The molecule has 0 aliphatic heterocycles. The summed E-state index contributed by atoms with van der Waals surface area (Å²) >= 11 is 1.51. The first kappa shape index (κ1) is 12.8. The topological polar surface area (TPSA) is 68.0 Å². The SMILES string of the molecule is CC(C)c1cc(C(=O)N[C@@H](C)c2nccs2)on1. The zero-order valence-corrected chi connectivity index (χ0v) is 11.3. The first-order valence-corrected chi connectivity index (χ1v) is 6.62. The summed E-state index contributed by atoms with van der Waals surface area (Å²) in [5, 5.41) is 9.43. The zero-order valence-electron chi connectivity index (χ0n) is 10.5. The number of carbonyl (C=O) groups excluding carboxylic acids is 1. The number of hydrogen-bond donors (Lipinski definition) is 1. The molecule has 2 aromatic rings. The molecule has 2 heterocycles. The number of rotatable bonds is 4. The van der Waals surface area contributed by atoms with Crippen LogP contribution in [-0.2, 0) is 0 Å². The lowest BCUT2D eigenvalue weighted by Crippen LogP contribution is -2.26. The van der Waals surface area contributed by atoms with Crippen molar-refractivity contribution < 1.29 is 9.32 Å². The van der Waals surface area contributed by atoms with Crippen molar-refractivity contribution in [3.63, 3.8) is 0 Å². The molecular weight excluding hydrogens is 250 g/mol. The summed E-state index contributed by atoms with van der Waals surface area (Å²) in [6.07, 6.45) is 1.72. The molecule has 0 spiro atoms. The van der Waals surface area contributed by atoms with Crippen LogP contribution in [0.4, 0.5) is 0 Å². The molecule has 96 valence electrons. The minimum Gasteiger partial charge on any atom is -0.351 e. The van der Waals surface area contributed by atoms with Crippen LogP contribution in [0.15, 0.2) is 22.2 Å². The molecule has 18 heavy (non-hydrogen) atoms. The molecule has 6 heteroatoms. The fourth-order valence-corrected chi connectivity index (χ4v) is 2.09. The second kappa shape index (κ2) is 5.30. The van der Waals surface area contributed by atoms with Crippen LogP contribution in [0.5, 0.6) is 0 Å². The Bertz CT molecular complexity index is 519. The summed E-state index contributed by atoms with van der Waals surface area (Å²) in [6.45, 7) is 5.88. The van der Waals surface area contributed by atoms with Crippen LogP contribution in [0.2, 0.25) is 0 Å². The van der Waals surface area contributed by atoms with Gasteiger partial charge in [-0.1, -0.05) is 19.0 Å². The highest BCUT2D eigenvalue weighted by Gasteiger charge is 2.18. The highest BCUT2D eigenvalue weighted by molar-refractivity contribution is 7.09. The molecule has 1 N–H and O–H groups in total. The van der Waals surface area contributed by atoms with E-state index in [2.05, 4.69) is 15.5 Å². The molecule has 0 aromatic carbocycles. The fraction of sp³-hybridized carbons (Fsp3) is 0.417. The van der Waals surface area contributed by atoms with Crippen LogP contribution in [0.1, 0.15) is 54.0 Å². The number of thiazole rings is 1. The van der Waals surface area contributed by atoms with Crippen LogP contribution in [0.3, 0.4) is 0 Å². The molecule has 2 rings (SSSR count). The first-order valence-electron chi connectivity index (χ1n) is 5.74. The number of carbonyl (C=O) groups is 1. The highest BCUT2D eigenvalue weighted by atomic mass is 32.1. The molecule has 0 radical (unpaired) electrons. The second-order valence-electron chi connectivity index (χ2n) is 4.34. The normalized spacial score (nSPS) is 12.7. The molecule has 1 atom stereocenters. The highest BCUT2D eigenvalue weighted by Crippen LogP contribution is 2.17. The molecule has 0 fully saturated rings. The molecule has 0 unspecified atom stereocenters. The Labute approximate surface area is 109 Å². The van der Waals surface area contributed by atoms with E-state index >= 15 is 0 Å². The third-order valence-electron chi connectivity index (χ3n) is 2.51. The molecule has 0 saturated carbocycles. The molecule has 5 nitrogen and oxygen atoms in total. The monoisotopic (exact) mass is 265 g/mol. The predicted molar refractivity (Wildman–Crippen MR) is 68.6 cm³/mol. The smallest absolute Gasteiger partial charge is 0.290 e. The molecule has 0 bridgehead atoms. The van der Waals surface area contributed by atoms with Crippen LogP contribution in [0, 0.1) is 0 Å². The van der Waals surface area contributed by atoms with E-state index in [1.54, 1.807) is 12.3 Å². The Kier molecular flexibility index (Phi) is 3.76. The van der Waals surface area contributed by atoms with E-state index in [0.29, 0.717) is 0 Å². The van der Waals surface area contributed by atoms with E-state index in [4.69, 9.17) is 4.52 Å². The Balaban J connectivity index is 2.03. The third-order valence-corrected chi connectivity index (χ3v) is 3.47. The summed E-state index contributed by atoms with van der Waals surface area (Å²) < 4.78 is 5.03. The lowest BCUT2D eigenvalue weighted by Gasteiger charge is -2.08. The maximum absolute atomic E-state index is 11.9. The van der Waals surface area contributed by atoms with E-state index in [0.717, 1.165) is 10.7 Å². The summed E-state index contributed by atoms with van der Waals surface area (Å²) in [6, 6.07) is 1.54. The van der Waals surface area contributed by atoms with Gasteiger partial charge in [0.2, 0.25) is 5.76 Å². The Morgan fingerprint density at radius 1 is 1.44 bits per heavy atom. The van der Waals surface area contributed by atoms with Gasteiger partial charge in [-0.25, -0.2) is 4.98 Å². The summed E-state index contributed by atoms with van der Waals surface area (Å²) in [5.41, 5.74) is 0.780. The molecule has 0 aliphatic carbocycles. The van der Waals surface area contributed by atoms with Crippen LogP contribution >= 0.6 is 11.3 Å². The maximum Gasteiger partial charge on any atom is 0.290 e. The van der Waals surface area contributed by atoms with Crippen molar-refractivity contribution >= 4 is 17.2 Å². The lowest BCUT2D eigenvalue weighted by atomic mass is 10.1.